The van der Waals surface area contributed by atoms with E-state index in [1.165, 1.54) is 4.57 Å². The van der Waals surface area contributed by atoms with Crippen LogP contribution in [0.2, 0.25) is 0 Å². The SMILES string of the molecule is COc1ccccc1Cn1c(=O)[nH]c2cccc(O)c21. The van der Waals surface area contributed by atoms with Gasteiger partial charge in [0.25, 0.3) is 0 Å². The Hall–Kier alpha value is -2.69. The number of rotatable bonds is 3. The molecule has 0 aliphatic carbocycles. The third-order valence-corrected chi connectivity index (χ3v) is 3.29. The van der Waals surface area contributed by atoms with E-state index in [1.807, 2.05) is 24.3 Å². The van der Waals surface area contributed by atoms with Crippen molar-refractivity contribution in [3.63, 3.8) is 0 Å². The molecular weight excluding hydrogens is 256 g/mol. The standard InChI is InChI=1S/C15H14N2O3/c1-20-13-8-3-2-5-10(13)9-17-14-11(16-15(17)19)6-4-7-12(14)18/h2-8,18H,9H2,1H3,(H,16,19). The molecule has 0 fully saturated rings. The maximum atomic E-state index is 12.1. The second-order valence-corrected chi connectivity index (χ2v) is 4.50. The first-order valence-corrected chi connectivity index (χ1v) is 6.23. The van der Waals surface area contributed by atoms with Crippen molar-refractivity contribution in [3.8, 4) is 11.5 Å². The number of phenolic OH excluding ortho intramolecular Hbond substituents is 1. The third-order valence-electron chi connectivity index (χ3n) is 3.29. The normalized spacial score (nSPS) is 10.8. The van der Waals surface area contributed by atoms with Crippen LogP contribution in [0.15, 0.2) is 47.3 Å². The van der Waals surface area contributed by atoms with Gasteiger partial charge in [-0.05, 0) is 18.2 Å². The van der Waals surface area contributed by atoms with Gasteiger partial charge in [0.2, 0.25) is 0 Å². The zero-order valence-electron chi connectivity index (χ0n) is 11.0. The molecule has 20 heavy (non-hydrogen) atoms. The van der Waals surface area contributed by atoms with Gasteiger partial charge >= 0.3 is 5.69 Å². The van der Waals surface area contributed by atoms with Crippen LogP contribution in [0.4, 0.5) is 0 Å². The molecular formula is C15H14N2O3. The number of benzene rings is 2. The Kier molecular flexibility index (Phi) is 2.95. The van der Waals surface area contributed by atoms with Gasteiger partial charge in [-0.3, -0.25) is 4.57 Å². The van der Waals surface area contributed by atoms with Crippen LogP contribution in [0.5, 0.6) is 11.5 Å². The zero-order valence-corrected chi connectivity index (χ0v) is 11.0. The lowest BCUT2D eigenvalue weighted by Crippen LogP contribution is -2.17. The maximum absolute atomic E-state index is 12.1. The van der Waals surface area contributed by atoms with Gasteiger partial charge in [-0.1, -0.05) is 24.3 Å². The molecule has 0 bridgehead atoms. The quantitative estimate of drug-likeness (QED) is 0.765. The van der Waals surface area contributed by atoms with E-state index in [4.69, 9.17) is 4.74 Å². The first kappa shape index (κ1) is 12.3. The zero-order chi connectivity index (χ0) is 14.1. The van der Waals surface area contributed by atoms with E-state index in [0.717, 1.165) is 5.56 Å². The smallest absolute Gasteiger partial charge is 0.326 e. The second kappa shape index (κ2) is 4.77. The Morgan fingerprint density at radius 2 is 2.00 bits per heavy atom. The molecule has 2 aromatic carbocycles. The lowest BCUT2D eigenvalue weighted by molar-refractivity contribution is 0.408. The minimum atomic E-state index is -0.257. The maximum Gasteiger partial charge on any atom is 0.326 e. The number of imidazole rings is 1. The fourth-order valence-electron chi connectivity index (χ4n) is 2.35. The van der Waals surface area contributed by atoms with Crippen LogP contribution < -0.4 is 10.4 Å². The van der Waals surface area contributed by atoms with Crippen molar-refractivity contribution < 1.29 is 9.84 Å². The minimum absolute atomic E-state index is 0.0794. The van der Waals surface area contributed by atoms with Crippen LogP contribution in [0.1, 0.15) is 5.56 Å². The van der Waals surface area contributed by atoms with Crippen molar-refractivity contribution in [2.75, 3.05) is 7.11 Å². The molecule has 102 valence electrons. The van der Waals surface area contributed by atoms with E-state index in [0.29, 0.717) is 23.3 Å². The Bertz CT molecular complexity index is 817. The molecule has 1 heterocycles. The first-order chi connectivity index (χ1) is 9.70. The summed E-state index contributed by atoms with van der Waals surface area (Å²) in [5.41, 5.74) is 1.74. The fraction of sp³-hybridized carbons (Fsp3) is 0.133. The number of H-pyrrole nitrogens is 1. The number of hydrogen-bond acceptors (Lipinski definition) is 3. The molecule has 2 N–H and O–H groups in total. The summed E-state index contributed by atoms with van der Waals surface area (Å²) in [4.78, 5) is 14.8. The summed E-state index contributed by atoms with van der Waals surface area (Å²) in [6.07, 6.45) is 0. The number of aromatic amines is 1. The van der Waals surface area contributed by atoms with Crippen LogP contribution in [-0.2, 0) is 6.54 Å². The van der Waals surface area contributed by atoms with Gasteiger partial charge in [-0.2, -0.15) is 0 Å². The van der Waals surface area contributed by atoms with E-state index in [2.05, 4.69) is 4.98 Å². The topological polar surface area (TPSA) is 67.2 Å². The largest absolute Gasteiger partial charge is 0.506 e. The van der Waals surface area contributed by atoms with E-state index in [-0.39, 0.29) is 11.4 Å². The van der Waals surface area contributed by atoms with Crippen LogP contribution in [0, 0.1) is 0 Å². The van der Waals surface area contributed by atoms with E-state index in [9.17, 15) is 9.90 Å². The number of methoxy groups -OCH3 is 1. The van der Waals surface area contributed by atoms with Crippen LogP contribution >= 0.6 is 0 Å². The molecule has 3 aromatic rings. The molecule has 0 atom stereocenters. The minimum Gasteiger partial charge on any atom is -0.506 e. The summed E-state index contributed by atoms with van der Waals surface area (Å²) in [5.74, 6) is 0.792. The number of fused-ring (bicyclic) bond motifs is 1. The molecule has 0 radical (unpaired) electrons. The number of ether oxygens (including phenoxy) is 1. The number of aromatic nitrogens is 2. The Balaban J connectivity index is 2.16. The lowest BCUT2D eigenvalue weighted by atomic mass is 10.2. The summed E-state index contributed by atoms with van der Waals surface area (Å²) in [6.45, 7) is 0.334. The van der Waals surface area contributed by atoms with Crippen molar-refractivity contribution >= 4 is 11.0 Å². The predicted octanol–water partition coefficient (Wildman–Crippen LogP) is 2.09. The highest BCUT2D eigenvalue weighted by Gasteiger charge is 2.12. The molecule has 0 saturated heterocycles. The summed E-state index contributed by atoms with van der Waals surface area (Å²) >= 11 is 0. The molecule has 0 spiro atoms. The van der Waals surface area contributed by atoms with E-state index >= 15 is 0 Å². The molecule has 0 saturated carbocycles. The van der Waals surface area contributed by atoms with Crippen molar-refractivity contribution in [2.24, 2.45) is 0 Å². The van der Waals surface area contributed by atoms with Crippen molar-refractivity contribution in [1.29, 1.82) is 0 Å². The number of nitrogens with one attached hydrogen (secondary N) is 1. The monoisotopic (exact) mass is 270 g/mol. The Morgan fingerprint density at radius 1 is 1.20 bits per heavy atom. The number of nitrogens with zero attached hydrogens (tertiary/aromatic N) is 1. The third kappa shape index (κ3) is 1.93. The van der Waals surface area contributed by atoms with Crippen molar-refractivity contribution in [1.82, 2.24) is 9.55 Å². The Labute approximate surface area is 115 Å². The van der Waals surface area contributed by atoms with Gasteiger partial charge in [0.05, 0.1) is 19.2 Å². The van der Waals surface area contributed by atoms with Crippen LogP contribution in [-0.4, -0.2) is 21.8 Å². The van der Waals surface area contributed by atoms with Gasteiger partial charge in [0.1, 0.15) is 17.0 Å². The number of hydrogen-bond donors (Lipinski definition) is 2. The summed E-state index contributed by atoms with van der Waals surface area (Å²) in [5, 5.41) is 9.96. The highest BCUT2D eigenvalue weighted by Crippen LogP contribution is 2.24. The molecule has 3 rings (SSSR count). The van der Waals surface area contributed by atoms with Crippen LogP contribution in [0.25, 0.3) is 11.0 Å². The first-order valence-electron chi connectivity index (χ1n) is 6.23. The van der Waals surface area contributed by atoms with E-state index in [1.54, 1.807) is 25.3 Å². The highest BCUT2D eigenvalue weighted by atomic mass is 16.5. The molecule has 0 aliphatic heterocycles. The number of phenols is 1. The molecule has 5 nitrogen and oxygen atoms in total. The van der Waals surface area contributed by atoms with E-state index < -0.39 is 0 Å². The average molecular weight is 270 g/mol. The molecule has 0 unspecified atom stereocenters. The van der Waals surface area contributed by atoms with Gasteiger partial charge in [-0.15, -0.1) is 0 Å². The summed E-state index contributed by atoms with van der Waals surface area (Å²) < 4.78 is 6.79. The van der Waals surface area contributed by atoms with Gasteiger partial charge in [0.15, 0.2) is 0 Å². The molecule has 0 aliphatic rings. The number of aromatic hydroxyl groups is 1. The van der Waals surface area contributed by atoms with Crippen molar-refractivity contribution in [2.45, 2.75) is 6.54 Å². The van der Waals surface area contributed by atoms with Crippen molar-refractivity contribution in [3.05, 3.63) is 58.5 Å². The predicted molar refractivity (Wildman–Crippen MR) is 76.3 cm³/mol. The van der Waals surface area contributed by atoms with Gasteiger partial charge < -0.3 is 14.8 Å². The second-order valence-electron chi connectivity index (χ2n) is 4.50. The lowest BCUT2D eigenvalue weighted by Gasteiger charge is -2.09. The van der Waals surface area contributed by atoms with Gasteiger partial charge in [0, 0.05) is 5.56 Å². The highest BCUT2D eigenvalue weighted by molar-refractivity contribution is 5.81. The molecule has 1 aromatic heterocycles. The Morgan fingerprint density at radius 3 is 2.80 bits per heavy atom. The van der Waals surface area contributed by atoms with Crippen LogP contribution in [0.3, 0.4) is 0 Å². The summed E-state index contributed by atoms with van der Waals surface area (Å²) in [7, 11) is 1.59. The summed E-state index contributed by atoms with van der Waals surface area (Å²) in [6, 6.07) is 12.5. The molecule has 0 amide bonds. The van der Waals surface area contributed by atoms with Gasteiger partial charge in [-0.25, -0.2) is 4.79 Å². The molecule has 5 heteroatoms. The fourth-order valence-corrected chi connectivity index (χ4v) is 2.35. The number of para-hydroxylation sites is 2. The average Bonchev–Trinajstić information content (AvgIpc) is 2.77.